The van der Waals surface area contributed by atoms with Crippen LogP contribution in [0, 0.1) is 3.57 Å². The fraction of sp³-hybridized carbons (Fsp3) is 0.300. The molecule has 2 rings (SSSR count). The fourth-order valence-electron chi connectivity index (χ4n) is 1.63. The molecule has 1 aliphatic heterocycles. The van der Waals surface area contributed by atoms with E-state index in [1.54, 1.807) is 0 Å². The second kappa shape index (κ2) is 4.06. The van der Waals surface area contributed by atoms with Crippen LogP contribution < -0.4 is 5.32 Å². The Kier molecular flexibility index (Phi) is 2.97. The lowest BCUT2D eigenvalue weighted by molar-refractivity contribution is -0.119. The third kappa shape index (κ3) is 2.03. The van der Waals surface area contributed by atoms with E-state index in [2.05, 4.69) is 27.9 Å². The van der Waals surface area contributed by atoms with Crippen molar-refractivity contribution in [2.24, 2.45) is 0 Å². The van der Waals surface area contributed by atoms with Gasteiger partial charge in [-0.3, -0.25) is 4.79 Å². The van der Waals surface area contributed by atoms with E-state index in [0.717, 1.165) is 20.6 Å². The zero-order valence-electron chi connectivity index (χ0n) is 7.39. The molecule has 0 aliphatic carbocycles. The van der Waals surface area contributed by atoms with E-state index in [0.29, 0.717) is 6.42 Å². The Morgan fingerprint density at radius 3 is 2.86 bits per heavy atom. The number of nitrogens with one attached hydrogen (secondary N) is 1. The molecule has 0 aromatic heterocycles. The summed E-state index contributed by atoms with van der Waals surface area (Å²) in [6, 6.07) is 6.01. The Labute approximate surface area is 101 Å². The molecule has 2 nitrogen and oxygen atoms in total. The van der Waals surface area contributed by atoms with E-state index < -0.39 is 0 Å². The van der Waals surface area contributed by atoms with Crippen molar-refractivity contribution in [2.45, 2.75) is 18.9 Å². The lowest BCUT2D eigenvalue weighted by atomic mass is 10.1. The van der Waals surface area contributed by atoms with Gasteiger partial charge in [-0.25, -0.2) is 0 Å². The largest absolute Gasteiger partial charge is 0.349 e. The quantitative estimate of drug-likeness (QED) is 0.792. The van der Waals surface area contributed by atoms with Crippen LogP contribution in [0.4, 0.5) is 0 Å². The highest BCUT2D eigenvalue weighted by Gasteiger charge is 2.23. The highest BCUT2D eigenvalue weighted by Crippen LogP contribution is 2.30. The summed E-state index contributed by atoms with van der Waals surface area (Å²) >= 11 is 8.32. The van der Waals surface area contributed by atoms with Crippen LogP contribution >= 0.6 is 34.2 Å². The summed E-state index contributed by atoms with van der Waals surface area (Å²) in [5, 5.41) is 3.64. The Morgan fingerprint density at radius 2 is 2.29 bits per heavy atom. The molecular formula is C10H9ClINO. The second-order valence-corrected chi connectivity index (χ2v) is 4.98. The maximum absolute atomic E-state index is 11.0. The zero-order valence-corrected chi connectivity index (χ0v) is 10.3. The first-order chi connectivity index (χ1) is 6.66. The van der Waals surface area contributed by atoms with Gasteiger partial charge in [0, 0.05) is 15.0 Å². The van der Waals surface area contributed by atoms with Crippen molar-refractivity contribution in [3.05, 3.63) is 32.4 Å². The van der Waals surface area contributed by atoms with Crippen molar-refractivity contribution in [3.8, 4) is 0 Å². The molecule has 0 unspecified atom stereocenters. The van der Waals surface area contributed by atoms with Gasteiger partial charge >= 0.3 is 0 Å². The number of amides is 1. The van der Waals surface area contributed by atoms with Crippen LogP contribution in [0.1, 0.15) is 24.4 Å². The van der Waals surface area contributed by atoms with Gasteiger partial charge in [-0.1, -0.05) is 17.7 Å². The van der Waals surface area contributed by atoms with E-state index in [-0.39, 0.29) is 11.9 Å². The first kappa shape index (κ1) is 10.2. The molecule has 1 atom stereocenters. The van der Waals surface area contributed by atoms with Crippen molar-refractivity contribution in [1.29, 1.82) is 0 Å². The van der Waals surface area contributed by atoms with Gasteiger partial charge in [0.05, 0.1) is 6.04 Å². The van der Waals surface area contributed by atoms with Crippen LogP contribution in [-0.2, 0) is 4.79 Å². The highest BCUT2D eigenvalue weighted by atomic mass is 127. The van der Waals surface area contributed by atoms with Crippen LogP contribution in [0.5, 0.6) is 0 Å². The molecule has 1 heterocycles. The summed E-state index contributed by atoms with van der Waals surface area (Å²) in [6.45, 7) is 0. The number of rotatable bonds is 1. The fourth-order valence-corrected chi connectivity index (χ4v) is 2.62. The lowest BCUT2D eigenvalue weighted by Crippen LogP contribution is -2.18. The summed E-state index contributed by atoms with van der Waals surface area (Å²) in [6.07, 6.45) is 1.45. The molecule has 0 radical (unpaired) electrons. The third-order valence-corrected chi connectivity index (χ3v) is 3.33. The minimum Gasteiger partial charge on any atom is -0.349 e. The normalized spacial score (nSPS) is 21.0. The van der Waals surface area contributed by atoms with Crippen LogP contribution in [0.3, 0.4) is 0 Å². The Bertz CT molecular complexity index is 380. The number of hydrogen-bond donors (Lipinski definition) is 1. The summed E-state index contributed by atoms with van der Waals surface area (Å²) in [4.78, 5) is 11.0. The Balaban J connectivity index is 2.28. The van der Waals surface area contributed by atoms with Crippen molar-refractivity contribution in [3.63, 3.8) is 0 Å². The van der Waals surface area contributed by atoms with Crippen molar-refractivity contribution >= 4 is 40.1 Å². The molecule has 0 bridgehead atoms. The minimum atomic E-state index is 0.104. The predicted octanol–water partition coefficient (Wildman–Crippen LogP) is 2.90. The monoisotopic (exact) mass is 321 g/mol. The Morgan fingerprint density at radius 1 is 1.50 bits per heavy atom. The average molecular weight is 322 g/mol. The molecule has 0 saturated carbocycles. The lowest BCUT2D eigenvalue weighted by Gasteiger charge is -2.12. The van der Waals surface area contributed by atoms with Crippen LogP contribution in [-0.4, -0.2) is 5.91 Å². The number of hydrogen-bond acceptors (Lipinski definition) is 1. The van der Waals surface area contributed by atoms with E-state index in [1.165, 1.54) is 0 Å². The number of carbonyl (C=O) groups excluding carboxylic acids is 1. The van der Waals surface area contributed by atoms with Crippen molar-refractivity contribution in [2.75, 3.05) is 0 Å². The molecule has 1 aromatic rings. The minimum absolute atomic E-state index is 0.104. The third-order valence-electron chi connectivity index (χ3n) is 2.33. The summed E-state index contributed by atoms with van der Waals surface area (Å²) < 4.78 is 1.11. The van der Waals surface area contributed by atoms with Crippen LogP contribution in [0.15, 0.2) is 18.2 Å². The van der Waals surface area contributed by atoms with Gasteiger partial charge in [0.1, 0.15) is 0 Å². The molecule has 74 valence electrons. The molecule has 4 heteroatoms. The zero-order chi connectivity index (χ0) is 10.1. The SMILES string of the molecule is O=C1CC[C@H](c2ccc(I)cc2Cl)N1. The first-order valence-corrected chi connectivity index (χ1v) is 5.87. The van der Waals surface area contributed by atoms with E-state index >= 15 is 0 Å². The first-order valence-electron chi connectivity index (χ1n) is 4.41. The molecule has 1 amide bonds. The molecule has 1 N–H and O–H groups in total. The highest BCUT2D eigenvalue weighted by molar-refractivity contribution is 14.1. The van der Waals surface area contributed by atoms with E-state index in [1.807, 2.05) is 18.2 Å². The molecule has 1 saturated heterocycles. The summed E-state index contributed by atoms with van der Waals surface area (Å²) in [5.74, 6) is 0.115. The number of halogens is 2. The summed E-state index contributed by atoms with van der Waals surface area (Å²) in [7, 11) is 0. The van der Waals surface area contributed by atoms with Crippen LogP contribution in [0.2, 0.25) is 5.02 Å². The van der Waals surface area contributed by atoms with Gasteiger partial charge in [0.25, 0.3) is 0 Å². The van der Waals surface area contributed by atoms with Crippen LogP contribution in [0.25, 0.3) is 0 Å². The average Bonchev–Trinajstić information content (AvgIpc) is 2.51. The number of benzene rings is 1. The van der Waals surface area contributed by atoms with Crippen molar-refractivity contribution < 1.29 is 4.79 Å². The number of carbonyl (C=O) groups is 1. The van der Waals surface area contributed by atoms with Gasteiger partial charge in [-0.2, -0.15) is 0 Å². The Hall–Kier alpha value is -0.290. The topological polar surface area (TPSA) is 29.1 Å². The maximum atomic E-state index is 11.0. The molecule has 1 aliphatic rings. The van der Waals surface area contributed by atoms with Gasteiger partial charge in [-0.15, -0.1) is 0 Å². The van der Waals surface area contributed by atoms with Gasteiger partial charge < -0.3 is 5.32 Å². The maximum Gasteiger partial charge on any atom is 0.220 e. The molecule has 1 fully saturated rings. The van der Waals surface area contributed by atoms with Crippen molar-refractivity contribution in [1.82, 2.24) is 5.32 Å². The second-order valence-electron chi connectivity index (χ2n) is 3.32. The van der Waals surface area contributed by atoms with Gasteiger partial charge in [0.15, 0.2) is 0 Å². The summed E-state index contributed by atoms with van der Waals surface area (Å²) in [5.41, 5.74) is 1.03. The van der Waals surface area contributed by atoms with E-state index in [4.69, 9.17) is 11.6 Å². The van der Waals surface area contributed by atoms with E-state index in [9.17, 15) is 4.79 Å². The van der Waals surface area contributed by atoms with Gasteiger partial charge in [-0.05, 0) is 46.7 Å². The molecule has 0 spiro atoms. The standard InChI is InChI=1S/C10H9ClINO/c11-8-5-6(12)1-2-7(8)9-3-4-10(14)13-9/h1-2,5,9H,3-4H2,(H,13,14)/t9-/m1/s1. The predicted molar refractivity (Wildman–Crippen MR) is 64.3 cm³/mol. The molecule has 14 heavy (non-hydrogen) atoms. The van der Waals surface area contributed by atoms with Gasteiger partial charge in [0.2, 0.25) is 5.91 Å². The smallest absolute Gasteiger partial charge is 0.220 e. The molecular weight excluding hydrogens is 312 g/mol. The molecule has 1 aromatic carbocycles.